The van der Waals surface area contributed by atoms with Crippen LogP contribution in [-0.2, 0) is 4.74 Å². The number of hydrogen-bond donors (Lipinski definition) is 2. The van der Waals surface area contributed by atoms with Crippen LogP contribution in [0.5, 0.6) is 5.75 Å². The van der Waals surface area contributed by atoms with Crippen molar-refractivity contribution in [1.82, 2.24) is 0 Å². The average Bonchev–Trinajstić information content (AvgIpc) is 2.30. The second-order valence-electron chi connectivity index (χ2n) is 3.40. The van der Waals surface area contributed by atoms with Gasteiger partial charge in [-0.15, -0.1) is 0 Å². The van der Waals surface area contributed by atoms with Crippen molar-refractivity contribution in [2.45, 2.75) is 19.4 Å². The molecule has 1 atom stereocenters. The first kappa shape index (κ1) is 15.3. The van der Waals surface area contributed by atoms with E-state index in [1.807, 2.05) is 6.92 Å². The van der Waals surface area contributed by atoms with Crippen molar-refractivity contribution in [2.24, 2.45) is 5.73 Å². The van der Waals surface area contributed by atoms with E-state index in [2.05, 4.69) is 0 Å². The minimum Gasteiger partial charge on any atom is -0.508 e. The number of benzene rings is 1. The lowest BCUT2D eigenvalue weighted by Crippen LogP contribution is -2.11. The SMILES string of the molecule is COC(C)CCN.O=[N+]([O-])c1cccc(O)c1. The number of aromatic hydroxyl groups is 1. The summed E-state index contributed by atoms with van der Waals surface area (Å²) in [5, 5.41) is 18.8. The molecule has 0 saturated carbocycles. The second kappa shape index (κ2) is 8.49. The lowest BCUT2D eigenvalue weighted by atomic mass is 10.3. The molecule has 0 fully saturated rings. The summed E-state index contributed by atoms with van der Waals surface area (Å²) < 4.78 is 4.91. The Balaban J connectivity index is 0.000000325. The summed E-state index contributed by atoms with van der Waals surface area (Å²) in [4.78, 5) is 9.49. The van der Waals surface area contributed by atoms with Gasteiger partial charge in [-0.3, -0.25) is 10.1 Å². The van der Waals surface area contributed by atoms with Gasteiger partial charge in [0.1, 0.15) is 5.75 Å². The van der Waals surface area contributed by atoms with Gasteiger partial charge in [0.25, 0.3) is 5.69 Å². The number of non-ortho nitro benzene ring substituents is 1. The fourth-order valence-electron chi connectivity index (χ4n) is 0.959. The summed E-state index contributed by atoms with van der Waals surface area (Å²) in [5.74, 6) is -0.0887. The van der Waals surface area contributed by atoms with Gasteiger partial charge in [-0.05, 0) is 26.0 Å². The van der Waals surface area contributed by atoms with Crippen molar-refractivity contribution in [3.63, 3.8) is 0 Å². The highest BCUT2D eigenvalue weighted by atomic mass is 16.6. The molecule has 1 rings (SSSR count). The van der Waals surface area contributed by atoms with Crippen molar-refractivity contribution in [3.8, 4) is 5.75 Å². The molecule has 0 heterocycles. The summed E-state index contributed by atoms with van der Waals surface area (Å²) in [6.45, 7) is 2.72. The molecule has 3 N–H and O–H groups in total. The zero-order valence-electron chi connectivity index (χ0n) is 10.00. The highest BCUT2D eigenvalue weighted by molar-refractivity contribution is 5.36. The molecule has 96 valence electrons. The third-order valence-corrected chi connectivity index (χ3v) is 2.02. The summed E-state index contributed by atoms with van der Waals surface area (Å²) in [6.07, 6.45) is 1.28. The molecule has 0 radical (unpaired) electrons. The topological polar surface area (TPSA) is 98.6 Å². The van der Waals surface area contributed by atoms with Crippen LogP contribution in [-0.4, -0.2) is 29.8 Å². The van der Waals surface area contributed by atoms with Gasteiger partial charge in [0.15, 0.2) is 0 Å². The number of nitro benzene ring substituents is 1. The minimum absolute atomic E-state index is 0.0887. The average molecular weight is 242 g/mol. The van der Waals surface area contributed by atoms with Crippen LogP contribution in [0.2, 0.25) is 0 Å². The highest BCUT2D eigenvalue weighted by Gasteiger charge is 2.03. The minimum atomic E-state index is -0.556. The molecule has 6 nitrogen and oxygen atoms in total. The molecule has 6 heteroatoms. The van der Waals surface area contributed by atoms with Gasteiger partial charge < -0.3 is 15.6 Å². The van der Waals surface area contributed by atoms with Crippen LogP contribution in [0.1, 0.15) is 13.3 Å². The van der Waals surface area contributed by atoms with E-state index in [0.717, 1.165) is 19.0 Å². The smallest absolute Gasteiger partial charge is 0.273 e. The normalized spacial score (nSPS) is 11.2. The Morgan fingerprint density at radius 1 is 1.59 bits per heavy atom. The van der Waals surface area contributed by atoms with Crippen LogP contribution in [0.3, 0.4) is 0 Å². The van der Waals surface area contributed by atoms with Crippen molar-refractivity contribution < 1.29 is 14.8 Å². The van der Waals surface area contributed by atoms with Gasteiger partial charge in [-0.1, -0.05) is 6.07 Å². The van der Waals surface area contributed by atoms with E-state index in [0.29, 0.717) is 6.10 Å². The van der Waals surface area contributed by atoms with Crippen molar-refractivity contribution in [1.29, 1.82) is 0 Å². The summed E-state index contributed by atoms with van der Waals surface area (Å²) in [5.41, 5.74) is 5.13. The maximum Gasteiger partial charge on any atom is 0.273 e. The Kier molecular flexibility index (Phi) is 7.66. The summed E-state index contributed by atoms with van der Waals surface area (Å²) in [7, 11) is 1.69. The number of ether oxygens (including phenoxy) is 1. The van der Waals surface area contributed by atoms with Crippen LogP contribution < -0.4 is 5.73 Å². The molecule has 0 aliphatic heterocycles. The van der Waals surface area contributed by atoms with Crippen molar-refractivity contribution >= 4 is 5.69 Å². The van der Waals surface area contributed by atoms with E-state index in [9.17, 15) is 10.1 Å². The number of nitrogens with zero attached hydrogens (tertiary/aromatic N) is 1. The van der Waals surface area contributed by atoms with Gasteiger partial charge in [0.2, 0.25) is 0 Å². The van der Waals surface area contributed by atoms with Gasteiger partial charge >= 0.3 is 0 Å². The molecule has 17 heavy (non-hydrogen) atoms. The molecule has 0 amide bonds. The number of rotatable bonds is 4. The Bertz CT molecular complexity index is 344. The zero-order chi connectivity index (χ0) is 13.3. The molecule has 0 aromatic heterocycles. The zero-order valence-corrected chi connectivity index (χ0v) is 10.00. The largest absolute Gasteiger partial charge is 0.508 e. The number of phenols is 1. The lowest BCUT2D eigenvalue weighted by molar-refractivity contribution is -0.384. The third kappa shape index (κ3) is 7.26. The molecule has 0 bridgehead atoms. The molecule has 0 aliphatic rings. The lowest BCUT2D eigenvalue weighted by Gasteiger charge is -2.04. The van der Waals surface area contributed by atoms with E-state index < -0.39 is 4.92 Å². The van der Waals surface area contributed by atoms with Crippen LogP contribution in [0, 0.1) is 10.1 Å². The van der Waals surface area contributed by atoms with E-state index in [4.69, 9.17) is 15.6 Å². The van der Waals surface area contributed by atoms with E-state index in [-0.39, 0.29) is 11.4 Å². The first-order valence-corrected chi connectivity index (χ1v) is 5.17. The molecule has 1 unspecified atom stereocenters. The maximum absolute atomic E-state index is 10.0. The Morgan fingerprint density at radius 3 is 2.53 bits per heavy atom. The van der Waals surface area contributed by atoms with E-state index >= 15 is 0 Å². The number of nitro groups is 1. The number of phenolic OH excluding ortho intramolecular Hbond substituents is 1. The Labute approximate surface area is 100 Å². The quantitative estimate of drug-likeness (QED) is 0.618. The van der Waals surface area contributed by atoms with Crippen LogP contribution in [0.4, 0.5) is 5.69 Å². The fourth-order valence-corrected chi connectivity index (χ4v) is 0.959. The van der Waals surface area contributed by atoms with Crippen LogP contribution in [0.25, 0.3) is 0 Å². The Hall–Kier alpha value is -1.66. The predicted molar refractivity (Wildman–Crippen MR) is 64.9 cm³/mol. The van der Waals surface area contributed by atoms with Gasteiger partial charge in [0, 0.05) is 13.2 Å². The predicted octanol–water partition coefficient (Wildman–Crippen LogP) is 1.67. The molecule has 0 spiro atoms. The first-order chi connectivity index (χ1) is 8.01. The van der Waals surface area contributed by atoms with Crippen molar-refractivity contribution in [2.75, 3.05) is 13.7 Å². The number of methoxy groups -OCH3 is 1. The molecular formula is C11H18N2O4. The highest BCUT2D eigenvalue weighted by Crippen LogP contribution is 2.16. The molecule has 1 aromatic rings. The number of nitrogens with two attached hydrogens (primary N) is 1. The van der Waals surface area contributed by atoms with Gasteiger partial charge in [-0.25, -0.2) is 0 Å². The monoisotopic (exact) mass is 242 g/mol. The fraction of sp³-hybridized carbons (Fsp3) is 0.455. The standard InChI is InChI=1S/C6H5NO3.C5H13NO/c8-6-3-1-2-5(4-6)7(9)10;1-5(7-2)3-4-6/h1-4,8H;5H,3-4,6H2,1-2H3. The Morgan fingerprint density at radius 2 is 2.24 bits per heavy atom. The van der Waals surface area contributed by atoms with E-state index in [1.54, 1.807) is 7.11 Å². The van der Waals surface area contributed by atoms with E-state index in [1.165, 1.54) is 18.2 Å². The second-order valence-corrected chi connectivity index (χ2v) is 3.40. The summed E-state index contributed by atoms with van der Waals surface area (Å²) >= 11 is 0. The maximum atomic E-state index is 10.0. The molecule has 0 saturated heterocycles. The summed E-state index contributed by atoms with van der Waals surface area (Å²) in [6, 6.07) is 5.22. The third-order valence-electron chi connectivity index (χ3n) is 2.02. The molecular weight excluding hydrogens is 224 g/mol. The van der Waals surface area contributed by atoms with Crippen molar-refractivity contribution in [3.05, 3.63) is 34.4 Å². The van der Waals surface area contributed by atoms with Gasteiger partial charge in [-0.2, -0.15) is 0 Å². The van der Waals surface area contributed by atoms with Crippen LogP contribution in [0.15, 0.2) is 24.3 Å². The molecule has 0 aliphatic carbocycles. The van der Waals surface area contributed by atoms with Crippen LogP contribution >= 0.6 is 0 Å². The van der Waals surface area contributed by atoms with Gasteiger partial charge in [0.05, 0.1) is 17.1 Å². The first-order valence-electron chi connectivity index (χ1n) is 5.17. The molecule has 1 aromatic carbocycles. The number of hydrogen-bond acceptors (Lipinski definition) is 5.